The Hall–Kier alpha value is -1.87. The number of pyridine rings is 1. The van der Waals surface area contributed by atoms with Gasteiger partial charge in [-0.1, -0.05) is 24.3 Å². The molecule has 0 radical (unpaired) electrons. The first kappa shape index (κ1) is 12.6. The molecule has 0 saturated heterocycles. The van der Waals surface area contributed by atoms with Crippen molar-refractivity contribution >= 4 is 0 Å². The minimum absolute atomic E-state index is 0.0399. The van der Waals surface area contributed by atoms with Gasteiger partial charge in [-0.05, 0) is 36.6 Å². The van der Waals surface area contributed by atoms with E-state index >= 15 is 0 Å². The lowest BCUT2D eigenvalue weighted by Crippen LogP contribution is -2.12. The Balaban J connectivity index is 1.70. The Morgan fingerprint density at radius 3 is 2.67 bits per heavy atom. The van der Waals surface area contributed by atoms with Crippen LogP contribution in [0.2, 0.25) is 0 Å². The Labute approximate surface area is 108 Å². The van der Waals surface area contributed by atoms with Crippen molar-refractivity contribution in [1.29, 1.82) is 0 Å². The smallest absolute Gasteiger partial charge is 0.119 e. The molecule has 2 rings (SSSR count). The van der Waals surface area contributed by atoms with E-state index in [0.717, 1.165) is 24.2 Å². The minimum Gasteiger partial charge on any atom is -0.494 e. The van der Waals surface area contributed by atoms with E-state index in [4.69, 9.17) is 10.5 Å². The maximum atomic E-state index is 6.08. The molecule has 1 aromatic heterocycles. The summed E-state index contributed by atoms with van der Waals surface area (Å²) in [6.07, 6.45) is 5.42. The van der Waals surface area contributed by atoms with E-state index in [9.17, 15) is 0 Å². The van der Waals surface area contributed by atoms with Crippen molar-refractivity contribution in [2.24, 2.45) is 5.73 Å². The molecule has 0 aliphatic heterocycles. The molecule has 1 unspecified atom stereocenters. The summed E-state index contributed by atoms with van der Waals surface area (Å²) in [6, 6.07) is 13.8. The van der Waals surface area contributed by atoms with Gasteiger partial charge in [0.25, 0.3) is 0 Å². The molecular weight excluding hydrogens is 224 g/mol. The molecule has 1 aromatic carbocycles. The highest BCUT2D eigenvalue weighted by Gasteiger charge is 2.05. The van der Waals surface area contributed by atoms with E-state index < -0.39 is 0 Å². The predicted octanol–water partition coefficient (Wildman–Crippen LogP) is 2.94. The van der Waals surface area contributed by atoms with E-state index in [1.165, 1.54) is 0 Å². The average molecular weight is 242 g/mol. The van der Waals surface area contributed by atoms with E-state index in [-0.39, 0.29) is 6.04 Å². The fourth-order valence-corrected chi connectivity index (χ4v) is 1.77. The molecule has 0 spiro atoms. The first-order chi connectivity index (χ1) is 8.86. The third-order valence-electron chi connectivity index (χ3n) is 2.78. The molecule has 0 aliphatic carbocycles. The number of para-hydroxylation sites is 1. The third-order valence-corrected chi connectivity index (χ3v) is 2.78. The first-order valence-corrected chi connectivity index (χ1v) is 6.19. The zero-order chi connectivity index (χ0) is 12.6. The van der Waals surface area contributed by atoms with Crippen molar-refractivity contribution in [2.45, 2.75) is 18.9 Å². The quantitative estimate of drug-likeness (QED) is 0.792. The molecule has 0 saturated carbocycles. The fraction of sp³-hybridized carbons (Fsp3) is 0.267. The highest BCUT2D eigenvalue weighted by Crippen LogP contribution is 2.15. The largest absolute Gasteiger partial charge is 0.494 e. The zero-order valence-electron chi connectivity index (χ0n) is 10.3. The van der Waals surface area contributed by atoms with Gasteiger partial charge in [-0.15, -0.1) is 0 Å². The lowest BCUT2D eigenvalue weighted by atomic mass is 10.1. The number of rotatable bonds is 6. The van der Waals surface area contributed by atoms with Crippen LogP contribution in [0.15, 0.2) is 54.9 Å². The van der Waals surface area contributed by atoms with Crippen LogP contribution in [0.1, 0.15) is 24.4 Å². The molecule has 94 valence electrons. The van der Waals surface area contributed by atoms with Gasteiger partial charge in [-0.25, -0.2) is 0 Å². The lowest BCUT2D eigenvalue weighted by molar-refractivity contribution is 0.302. The van der Waals surface area contributed by atoms with Crippen molar-refractivity contribution in [1.82, 2.24) is 4.98 Å². The number of benzene rings is 1. The van der Waals surface area contributed by atoms with Crippen LogP contribution in [0.4, 0.5) is 0 Å². The van der Waals surface area contributed by atoms with Gasteiger partial charge in [0.15, 0.2) is 0 Å². The number of hydrogen-bond acceptors (Lipinski definition) is 3. The average Bonchev–Trinajstić information content (AvgIpc) is 2.45. The Bertz CT molecular complexity index is 445. The molecule has 3 nitrogen and oxygen atoms in total. The maximum absolute atomic E-state index is 6.08. The summed E-state index contributed by atoms with van der Waals surface area (Å²) in [4.78, 5) is 4.07. The van der Waals surface area contributed by atoms with Crippen LogP contribution >= 0.6 is 0 Å². The van der Waals surface area contributed by atoms with Gasteiger partial charge < -0.3 is 10.5 Å². The maximum Gasteiger partial charge on any atom is 0.119 e. The molecular formula is C15H18N2O. The molecule has 1 atom stereocenters. The van der Waals surface area contributed by atoms with Gasteiger partial charge in [0.2, 0.25) is 0 Å². The lowest BCUT2D eigenvalue weighted by Gasteiger charge is -2.11. The van der Waals surface area contributed by atoms with Crippen molar-refractivity contribution in [3.05, 3.63) is 60.4 Å². The molecule has 2 aromatic rings. The summed E-state index contributed by atoms with van der Waals surface area (Å²) in [6.45, 7) is 0.692. The number of hydrogen-bond donors (Lipinski definition) is 1. The number of ether oxygens (including phenoxy) is 1. The van der Waals surface area contributed by atoms with Gasteiger partial charge >= 0.3 is 0 Å². The SMILES string of the molecule is NC(CCCOc1ccccc1)c1cccnc1. The molecule has 0 aliphatic rings. The molecule has 0 fully saturated rings. The van der Waals surface area contributed by atoms with E-state index in [1.807, 2.05) is 48.7 Å². The highest BCUT2D eigenvalue weighted by atomic mass is 16.5. The van der Waals surface area contributed by atoms with Crippen molar-refractivity contribution in [3.63, 3.8) is 0 Å². The van der Waals surface area contributed by atoms with Crippen molar-refractivity contribution in [3.8, 4) is 5.75 Å². The summed E-state index contributed by atoms with van der Waals surface area (Å²) in [5, 5.41) is 0. The standard InChI is InChI=1S/C15H18N2O/c16-15(13-6-4-10-17-12-13)9-5-11-18-14-7-2-1-3-8-14/h1-4,6-8,10,12,15H,5,9,11,16H2. The molecule has 0 bridgehead atoms. The number of aromatic nitrogens is 1. The van der Waals surface area contributed by atoms with E-state index in [0.29, 0.717) is 6.61 Å². The van der Waals surface area contributed by atoms with Gasteiger partial charge in [0, 0.05) is 18.4 Å². The van der Waals surface area contributed by atoms with E-state index in [1.54, 1.807) is 6.20 Å². The van der Waals surface area contributed by atoms with Crippen LogP contribution in [-0.2, 0) is 0 Å². The van der Waals surface area contributed by atoms with Crippen LogP contribution in [0, 0.1) is 0 Å². The second-order valence-electron chi connectivity index (χ2n) is 4.20. The summed E-state index contributed by atoms with van der Waals surface area (Å²) in [7, 11) is 0. The second kappa shape index (κ2) is 6.77. The Kier molecular flexibility index (Phi) is 4.73. The Morgan fingerprint density at radius 1 is 1.11 bits per heavy atom. The Morgan fingerprint density at radius 2 is 1.94 bits per heavy atom. The van der Waals surface area contributed by atoms with Crippen molar-refractivity contribution < 1.29 is 4.74 Å². The normalized spacial score (nSPS) is 12.1. The summed E-state index contributed by atoms with van der Waals surface area (Å²) in [5.74, 6) is 0.910. The minimum atomic E-state index is 0.0399. The predicted molar refractivity (Wildman–Crippen MR) is 72.3 cm³/mol. The van der Waals surface area contributed by atoms with Crippen molar-refractivity contribution in [2.75, 3.05) is 6.61 Å². The molecule has 18 heavy (non-hydrogen) atoms. The first-order valence-electron chi connectivity index (χ1n) is 6.19. The van der Waals surface area contributed by atoms with Gasteiger partial charge in [-0.3, -0.25) is 4.98 Å². The highest BCUT2D eigenvalue weighted by molar-refractivity contribution is 5.20. The van der Waals surface area contributed by atoms with Crippen LogP contribution in [0.25, 0.3) is 0 Å². The van der Waals surface area contributed by atoms with E-state index in [2.05, 4.69) is 4.98 Å². The van der Waals surface area contributed by atoms with Crippen LogP contribution < -0.4 is 10.5 Å². The van der Waals surface area contributed by atoms with Gasteiger partial charge in [0.1, 0.15) is 5.75 Å². The molecule has 0 amide bonds. The molecule has 2 N–H and O–H groups in total. The summed E-state index contributed by atoms with van der Waals surface area (Å²) >= 11 is 0. The van der Waals surface area contributed by atoms with Crippen LogP contribution in [-0.4, -0.2) is 11.6 Å². The number of nitrogens with zero attached hydrogens (tertiary/aromatic N) is 1. The fourth-order valence-electron chi connectivity index (χ4n) is 1.77. The van der Waals surface area contributed by atoms with Crippen LogP contribution in [0.3, 0.4) is 0 Å². The topological polar surface area (TPSA) is 48.1 Å². The summed E-state index contributed by atoms with van der Waals surface area (Å²) in [5.41, 5.74) is 7.16. The second-order valence-corrected chi connectivity index (χ2v) is 4.20. The third kappa shape index (κ3) is 3.86. The van der Waals surface area contributed by atoms with Gasteiger partial charge in [0.05, 0.1) is 6.61 Å². The zero-order valence-corrected chi connectivity index (χ0v) is 10.3. The van der Waals surface area contributed by atoms with Gasteiger partial charge in [-0.2, -0.15) is 0 Å². The van der Waals surface area contributed by atoms with Crippen LogP contribution in [0.5, 0.6) is 5.75 Å². The molecule has 3 heteroatoms. The number of nitrogens with two attached hydrogens (primary N) is 1. The summed E-state index contributed by atoms with van der Waals surface area (Å²) < 4.78 is 5.62. The monoisotopic (exact) mass is 242 g/mol. The molecule has 1 heterocycles.